The Morgan fingerprint density at radius 3 is 2.62 bits per heavy atom. The number of aliphatic carboxylic acids is 1. The first-order valence-corrected chi connectivity index (χ1v) is 6.07. The van der Waals surface area contributed by atoms with Gasteiger partial charge in [-0.2, -0.15) is 0 Å². The van der Waals surface area contributed by atoms with Crippen LogP contribution in [-0.4, -0.2) is 24.2 Å². The standard InChI is InChI=1S/C12H16BrNO2/c1-9(12(15)16)8-14-7-6-10-2-4-11(13)5-3-10/h2-5,9,14H,6-8H2,1H3,(H,15,16). The number of halogens is 1. The van der Waals surface area contributed by atoms with Crippen molar-refractivity contribution in [3.63, 3.8) is 0 Å². The molecule has 1 aromatic rings. The van der Waals surface area contributed by atoms with Crippen LogP contribution in [0.3, 0.4) is 0 Å². The van der Waals surface area contributed by atoms with E-state index in [9.17, 15) is 4.79 Å². The molecule has 0 aliphatic carbocycles. The largest absolute Gasteiger partial charge is 0.481 e. The summed E-state index contributed by atoms with van der Waals surface area (Å²) < 4.78 is 1.07. The number of hydrogen-bond acceptors (Lipinski definition) is 2. The van der Waals surface area contributed by atoms with Crippen LogP contribution in [0, 0.1) is 5.92 Å². The Bertz CT molecular complexity index is 337. The van der Waals surface area contributed by atoms with Gasteiger partial charge in [0.15, 0.2) is 0 Å². The van der Waals surface area contributed by atoms with E-state index in [0.717, 1.165) is 17.4 Å². The predicted octanol–water partition coefficient (Wildman–Crippen LogP) is 2.30. The first-order chi connectivity index (χ1) is 7.59. The molecule has 88 valence electrons. The van der Waals surface area contributed by atoms with Gasteiger partial charge in [0.2, 0.25) is 0 Å². The molecule has 0 heterocycles. The molecule has 16 heavy (non-hydrogen) atoms. The molecule has 0 aromatic heterocycles. The minimum Gasteiger partial charge on any atom is -0.481 e. The van der Waals surface area contributed by atoms with Crippen LogP contribution < -0.4 is 5.32 Å². The quantitative estimate of drug-likeness (QED) is 0.789. The molecule has 0 aliphatic rings. The Morgan fingerprint density at radius 2 is 2.06 bits per heavy atom. The summed E-state index contributed by atoms with van der Waals surface area (Å²) in [6.07, 6.45) is 0.916. The van der Waals surface area contributed by atoms with E-state index in [2.05, 4.69) is 33.4 Å². The molecule has 4 heteroatoms. The van der Waals surface area contributed by atoms with Crippen molar-refractivity contribution >= 4 is 21.9 Å². The minimum absolute atomic E-state index is 0.329. The molecule has 1 rings (SSSR count). The van der Waals surface area contributed by atoms with E-state index in [1.54, 1.807) is 6.92 Å². The van der Waals surface area contributed by atoms with Gasteiger partial charge >= 0.3 is 5.97 Å². The van der Waals surface area contributed by atoms with Gasteiger partial charge in [-0.1, -0.05) is 35.0 Å². The second-order valence-corrected chi connectivity index (χ2v) is 4.74. The fourth-order valence-electron chi connectivity index (χ4n) is 1.29. The van der Waals surface area contributed by atoms with Crippen LogP contribution in [0.15, 0.2) is 28.7 Å². The maximum atomic E-state index is 10.6. The van der Waals surface area contributed by atoms with E-state index >= 15 is 0 Å². The zero-order chi connectivity index (χ0) is 12.0. The average Bonchev–Trinajstić information content (AvgIpc) is 2.26. The van der Waals surface area contributed by atoms with E-state index in [0.29, 0.717) is 6.54 Å². The Hall–Kier alpha value is -0.870. The minimum atomic E-state index is -0.754. The van der Waals surface area contributed by atoms with Gasteiger partial charge in [0.05, 0.1) is 5.92 Å². The third-order valence-electron chi connectivity index (χ3n) is 2.38. The maximum absolute atomic E-state index is 10.6. The molecule has 0 bridgehead atoms. The molecule has 0 amide bonds. The predicted molar refractivity (Wildman–Crippen MR) is 67.5 cm³/mol. The average molecular weight is 286 g/mol. The first kappa shape index (κ1) is 13.2. The summed E-state index contributed by atoms with van der Waals surface area (Å²) in [7, 11) is 0. The van der Waals surface area contributed by atoms with E-state index < -0.39 is 5.97 Å². The van der Waals surface area contributed by atoms with E-state index in [1.807, 2.05) is 12.1 Å². The number of rotatable bonds is 6. The lowest BCUT2D eigenvalue weighted by atomic mass is 10.1. The number of nitrogens with one attached hydrogen (secondary N) is 1. The molecular weight excluding hydrogens is 270 g/mol. The smallest absolute Gasteiger partial charge is 0.307 e. The topological polar surface area (TPSA) is 49.3 Å². The summed E-state index contributed by atoms with van der Waals surface area (Å²) in [6.45, 7) is 3.03. The number of carboxylic acids is 1. The Kier molecular flexibility index (Phi) is 5.49. The normalized spacial score (nSPS) is 12.4. The van der Waals surface area contributed by atoms with E-state index in [4.69, 9.17) is 5.11 Å². The molecule has 0 saturated heterocycles. The fourth-order valence-corrected chi connectivity index (χ4v) is 1.55. The van der Waals surface area contributed by atoms with Gasteiger partial charge in [-0.25, -0.2) is 0 Å². The monoisotopic (exact) mass is 285 g/mol. The van der Waals surface area contributed by atoms with Crippen molar-refractivity contribution in [1.82, 2.24) is 5.32 Å². The van der Waals surface area contributed by atoms with Crippen molar-refractivity contribution in [2.45, 2.75) is 13.3 Å². The van der Waals surface area contributed by atoms with Crippen LogP contribution in [0.5, 0.6) is 0 Å². The SMILES string of the molecule is CC(CNCCc1ccc(Br)cc1)C(=O)O. The highest BCUT2D eigenvalue weighted by atomic mass is 79.9. The number of carbonyl (C=O) groups is 1. The molecule has 1 unspecified atom stereocenters. The van der Waals surface area contributed by atoms with E-state index in [-0.39, 0.29) is 5.92 Å². The lowest BCUT2D eigenvalue weighted by Crippen LogP contribution is -2.27. The summed E-state index contributed by atoms with van der Waals surface area (Å²) in [5.74, 6) is -1.08. The third-order valence-corrected chi connectivity index (χ3v) is 2.90. The van der Waals surface area contributed by atoms with Crippen LogP contribution in [0.2, 0.25) is 0 Å². The third kappa shape index (κ3) is 4.77. The zero-order valence-corrected chi connectivity index (χ0v) is 10.8. The van der Waals surface area contributed by atoms with Gasteiger partial charge in [-0.15, -0.1) is 0 Å². The van der Waals surface area contributed by atoms with Gasteiger partial charge in [0, 0.05) is 11.0 Å². The van der Waals surface area contributed by atoms with E-state index in [1.165, 1.54) is 5.56 Å². The molecule has 0 radical (unpaired) electrons. The second kappa shape index (κ2) is 6.66. The van der Waals surface area contributed by atoms with Gasteiger partial charge in [0.25, 0.3) is 0 Å². The van der Waals surface area contributed by atoms with Crippen molar-refractivity contribution in [3.8, 4) is 0 Å². The summed E-state index contributed by atoms with van der Waals surface area (Å²) in [6, 6.07) is 8.14. The second-order valence-electron chi connectivity index (χ2n) is 3.82. The van der Waals surface area contributed by atoms with Crippen LogP contribution in [0.25, 0.3) is 0 Å². The number of benzene rings is 1. The number of carboxylic acid groups (broad SMARTS) is 1. The summed E-state index contributed by atoms with van der Waals surface area (Å²) in [4.78, 5) is 10.6. The maximum Gasteiger partial charge on any atom is 0.307 e. The van der Waals surface area contributed by atoms with Crippen molar-refractivity contribution in [1.29, 1.82) is 0 Å². The van der Waals surface area contributed by atoms with Crippen LogP contribution >= 0.6 is 15.9 Å². The van der Waals surface area contributed by atoms with Gasteiger partial charge < -0.3 is 10.4 Å². The molecule has 0 aliphatic heterocycles. The molecule has 0 saturated carbocycles. The molecular formula is C12H16BrNO2. The highest BCUT2D eigenvalue weighted by Crippen LogP contribution is 2.10. The molecule has 1 aromatic carbocycles. The van der Waals surface area contributed by atoms with Crippen molar-refractivity contribution < 1.29 is 9.90 Å². The summed E-state index contributed by atoms with van der Waals surface area (Å²) in [5.41, 5.74) is 1.25. The highest BCUT2D eigenvalue weighted by molar-refractivity contribution is 9.10. The highest BCUT2D eigenvalue weighted by Gasteiger charge is 2.08. The van der Waals surface area contributed by atoms with Crippen molar-refractivity contribution in [3.05, 3.63) is 34.3 Å². The number of hydrogen-bond donors (Lipinski definition) is 2. The van der Waals surface area contributed by atoms with Gasteiger partial charge in [-0.05, 0) is 30.7 Å². The fraction of sp³-hybridized carbons (Fsp3) is 0.417. The molecule has 0 fully saturated rings. The lowest BCUT2D eigenvalue weighted by Gasteiger charge is -2.08. The van der Waals surface area contributed by atoms with Crippen LogP contribution in [0.1, 0.15) is 12.5 Å². The zero-order valence-electron chi connectivity index (χ0n) is 9.24. The first-order valence-electron chi connectivity index (χ1n) is 5.27. The van der Waals surface area contributed by atoms with Crippen LogP contribution in [-0.2, 0) is 11.2 Å². The Labute approximate surface area is 104 Å². The van der Waals surface area contributed by atoms with Gasteiger partial charge in [-0.3, -0.25) is 4.79 Å². The summed E-state index contributed by atoms with van der Waals surface area (Å²) >= 11 is 3.38. The summed E-state index contributed by atoms with van der Waals surface area (Å²) in [5, 5.41) is 11.8. The molecule has 3 nitrogen and oxygen atoms in total. The Morgan fingerprint density at radius 1 is 1.44 bits per heavy atom. The van der Waals surface area contributed by atoms with Crippen molar-refractivity contribution in [2.75, 3.05) is 13.1 Å². The molecule has 2 N–H and O–H groups in total. The van der Waals surface area contributed by atoms with Crippen LogP contribution in [0.4, 0.5) is 0 Å². The van der Waals surface area contributed by atoms with Gasteiger partial charge in [0.1, 0.15) is 0 Å². The van der Waals surface area contributed by atoms with Crippen molar-refractivity contribution in [2.24, 2.45) is 5.92 Å². The lowest BCUT2D eigenvalue weighted by molar-refractivity contribution is -0.140. The Balaban J connectivity index is 2.21. The molecule has 0 spiro atoms. The molecule has 1 atom stereocenters.